The van der Waals surface area contributed by atoms with Crippen LogP contribution in [0.3, 0.4) is 0 Å². The number of hydrogen-bond acceptors (Lipinski definition) is 3. The summed E-state index contributed by atoms with van der Waals surface area (Å²) in [5.74, 6) is 0. The van der Waals surface area contributed by atoms with Gasteiger partial charge in [0, 0.05) is 18.1 Å². The number of aromatic nitrogens is 2. The molecule has 24 heavy (non-hydrogen) atoms. The van der Waals surface area contributed by atoms with Crippen LogP contribution in [-0.2, 0) is 17.6 Å². The van der Waals surface area contributed by atoms with E-state index in [4.69, 9.17) is 11.6 Å². The maximum Gasteiger partial charge on any atom is 0.327 e. The number of hydrogen-bond donors (Lipinski definition) is 1. The van der Waals surface area contributed by atoms with Crippen LogP contribution in [0.4, 0.5) is 5.69 Å². The number of anilines is 1. The molecule has 1 aromatic heterocycles. The molecule has 0 saturated carbocycles. The molecule has 0 aliphatic carbocycles. The lowest BCUT2D eigenvalue weighted by molar-refractivity contribution is 0.576. The summed E-state index contributed by atoms with van der Waals surface area (Å²) in [5.41, 5.74) is 3.90. The van der Waals surface area contributed by atoms with Gasteiger partial charge in [0.05, 0.1) is 27.9 Å². The van der Waals surface area contributed by atoms with E-state index in [1.54, 1.807) is 12.1 Å². The molecule has 2 unspecified atom stereocenters. The fourth-order valence-electron chi connectivity index (χ4n) is 3.25. The first-order valence-corrected chi connectivity index (χ1v) is 9.49. The Hall–Kier alpha value is -1.69. The molecule has 6 heteroatoms. The molecule has 0 fully saturated rings. The van der Waals surface area contributed by atoms with Crippen LogP contribution < -0.4 is 4.90 Å². The highest BCUT2D eigenvalue weighted by Crippen LogP contribution is 2.37. The normalized spacial score (nSPS) is 18.7. The van der Waals surface area contributed by atoms with E-state index in [-0.39, 0.29) is 0 Å². The fraction of sp³-hybridized carbons (Fsp3) is 0.278. The van der Waals surface area contributed by atoms with Gasteiger partial charge in [-0.2, -0.15) is 4.98 Å². The molecule has 0 spiro atoms. The van der Waals surface area contributed by atoms with Crippen molar-refractivity contribution in [2.45, 2.75) is 35.9 Å². The van der Waals surface area contributed by atoms with Crippen molar-refractivity contribution in [2.24, 2.45) is 0 Å². The summed E-state index contributed by atoms with van der Waals surface area (Å²) in [6.07, 6.45) is 2.13. The molecular weight excluding hydrogens is 342 g/mol. The predicted molar refractivity (Wildman–Crippen MR) is 98.4 cm³/mol. The van der Waals surface area contributed by atoms with Gasteiger partial charge in [-0.1, -0.05) is 23.7 Å². The van der Waals surface area contributed by atoms with Crippen LogP contribution in [-0.4, -0.2) is 27.6 Å². The number of rotatable bonds is 2. The Balaban J connectivity index is 1.80. The van der Waals surface area contributed by atoms with Crippen molar-refractivity contribution in [3.05, 3.63) is 47.0 Å². The second-order valence-electron chi connectivity index (χ2n) is 6.23. The zero-order valence-corrected chi connectivity index (χ0v) is 15.1. The number of para-hydroxylation sites is 1. The van der Waals surface area contributed by atoms with Crippen molar-refractivity contribution in [1.82, 2.24) is 9.97 Å². The van der Waals surface area contributed by atoms with E-state index in [1.807, 2.05) is 18.2 Å². The second-order valence-corrected chi connectivity index (χ2v) is 8.04. The highest BCUT2D eigenvalue weighted by Gasteiger charge is 2.30. The molecular formula is C18H18ClN3OS. The number of H-pyrrole nitrogens is 1. The molecule has 2 heterocycles. The van der Waals surface area contributed by atoms with E-state index in [2.05, 4.69) is 34.9 Å². The molecule has 3 aromatic rings. The summed E-state index contributed by atoms with van der Waals surface area (Å²) in [6.45, 7) is 2.20. The monoisotopic (exact) mass is 359 g/mol. The molecule has 0 bridgehead atoms. The maximum atomic E-state index is 13.2. The summed E-state index contributed by atoms with van der Waals surface area (Å²) in [6, 6.07) is 11.9. The molecule has 1 aliphatic heterocycles. The number of nitrogens with one attached hydrogen (secondary N) is 1. The van der Waals surface area contributed by atoms with Gasteiger partial charge >= 0.3 is 5.16 Å². The van der Waals surface area contributed by atoms with Crippen molar-refractivity contribution in [1.29, 1.82) is 0 Å². The molecule has 2 aromatic carbocycles. The number of nitrogens with zero attached hydrogens (tertiary/aromatic N) is 2. The Morgan fingerprint density at radius 3 is 3.00 bits per heavy atom. The summed E-state index contributed by atoms with van der Waals surface area (Å²) < 4.78 is 13.2. The Kier molecular flexibility index (Phi) is 3.95. The molecule has 4 nitrogen and oxygen atoms in total. The van der Waals surface area contributed by atoms with Crippen LogP contribution in [0.5, 0.6) is 0 Å². The minimum Gasteiger partial charge on any atom is -0.604 e. The third-order valence-corrected chi connectivity index (χ3v) is 6.23. The van der Waals surface area contributed by atoms with Gasteiger partial charge in [-0.3, -0.25) is 4.98 Å². The highest BCUT2D eigenvalue weighted by molar-refractivity contribution is 7.91. The largest absolute Gasteiger partial charge is 0.604 e. The highest BCUT2D eigenvalue weighted by atomic mass is 35.5. The number of benzene rings is 2. The van der Waals surface area contributed by atoms with E-state index < -0.39 is 11.2 Å². The molecule has 1 N–H and O–H groups in total. The van der Waals surface area contributed by atoms with Gasteiger partial charge in [0.2, 0.25) is 0 Å². The van der Waals surface area contributed by atoms with Gasteiger partial charge in [-0.15, -0.1) is 0 Å². The fourth-order valence-corrected chi connectivity index (χ4v) is 4.67. The first kappa shape index (κ1) is 15.8. The van der Waals surface area contributed by atoms with E-state index >= 15 is 0 Å². The van der Waals surface area contributed by atoms with Gasteiger partial charge < -0.3 is 9.45 Å². The lowest BCUT2D eigenvalue weighted by Gasteiger charge is -2.34. The van der Waals surface area contributed by atoms with Crippen LogP contribution in [0, 0.1) is 0 Å². The van der Waals surface area contributed by atoms with Gasteiger partial charge in [-0.25, -0.2) is 0 Å². The van der Waals surface area contributed by atoms with Crippen LogP contribution >= 0.6 is 11.6 Å². The first-order valence-electron chi connectivity index (χ1n) is 7.96. The Bertz CT molecular complexity index is 910. The third kappa shape index (κ3) is 2.57. The maximum absolute atomic E-state index is 13.2. The predicted octanol–water partition coefficient (Wildman–Crippen LogP) is 4.15. The van der Waals surface area contributed by atoms with Gasteiger partial charge in [0.1, 0.15) is 0 Å². The topological polar surface area (TPSA) is 55.0 Å². The standard InChI is InChI=1S/C18H18ClN3OS/c1-11-6-7-12-4-3-5-16(17(12)22(11)2)24(23)18-20-14-9-8-13(19)10-15(14)21-18/h3-5,8-11H,6-7H2,1-2H3,(H,20,21). The van der Waals surface area contributed by atoms with Crippen molar-refractivity contribution < 1.29 is 4.55 Å². The minimum atomic E-state index is -1.36. The average molecular weight is 360 g/mol. The van der Waals surface area contributed by atoms with Crippen LogP contribution in [0.1, 0.15) is 18.9 Å². The van der Waals surface area contributed by atoms with Crippen molar-refractivity contribution in [3.8, 4) is 0 Å². The summed E-state index contributed by atoms with van der Waals surface area (Å²) >= 11 is 4.66. The summed E-state index contributed by atoms with van der Waals surface area (Å²) in [4.78, 5) is 10.7. The smallest absolute Gasteiger partial charge is 0.327 e. The third-order valence-electron chi connectivity index (χ3n) is 4.73. The first-order chi connectivity index (χ1) is 11.5. The molecule has 1 aliphatic rings. The van der Waals surface area contributed by atoms with Crippen LogP contribution in [0.2, 0.25) is 5.02 Å². The molecule has 0 radical (unpaired) electrons. The summed E-state index contributed by atoms with van der Waals surface area (Å²) in [5, 5.41) is 1.10. The van der Waals surface area contributed by atoms with Crippen molar-refractivity contribution in [3.63, 3.8) is 0 Å². The number of halogens is 1. The molecule has 124 valence electrons. The van der Waals surface area contributed by atoms with Crippen LogP contribution in [0.15, 0.2) is 46.5 Å². The summed E-state index contributed by atoms with van der Waals surface area (Å²) in [7, 11) is 2.07. The molecule has 0 saturated heterocycles. The van der Waals surface area contributed by atoms with Gasteiger partial charge in [0.25, 0.3) is 0 Å². The van der Waals surface area contributed by atoms with Gasteiger partial charge in [-0.05, 0) is 49.6 Å². The minimum absolute atomic E-state index is 0.435. The number of aromatic amines is 1. The zero-order chi connectivity index (χ0) is 16.8. The average Bonchev–Trinajstić information content (AvgIpc) is 3.00. The molecule has 0 amide bonds. The number of imidazole rings is 1. The SMILES string of the molecule is CC1CCc2cccc([S+]([O-])c3nc4ccc(Cl)cc4[nH]3)c2N1C. The Morgan fingerprint density at radius 1 is 1.33 bits per heavy atom. The quantitative estimate of drug-likeness (QED) is 0.699. The number of fused-ring (bicyclic) bond motifs is 2. The lowest BCUT2D eigenvalue weighted by Crippen LogP contribution is -2.34. The van der Waals surface area contributed by atoms with Crippen LogP contribution in [0.25, 0.3) is 11.0 Å². The second kappa shape index (κ2) is 5.99. The van der Waals surface area contributed by atoms with E-state index in [9.17, 15) is 4.55 Å². The van der Waals surface area contributed by atoms with Gasteiger partial charge in [0.15, 0.2) is 4.90 Å². The Morgan fingerprint density at radius 2 is 2.17 bits per heavy atom. The lowest BCUT2D eigenvalue weighted by atomic mass is 9.97. The van der Waals surface area contributed by atoms with E-state index in [0.29, 0.717) is 16.2 Å². The van der Waals surface area contributed by atoms with E-state index in [0.717, 1.165) is 34.5 Å². The molecule has 4 rings (SSSR count). The molecule has 2 atom stereocenters. The number of aryl methyl sites for hydroxylation is 1. The Labute approximate surface area is 149 Å². The van der Waals surface area contributed by atoms with E-state index in [1.165, 1.54) is 5.56 Å². The van der Waals surface area contributed by atoms with Crippen molar-refractivity contribution >= 4 is 39.5 Å². The van der Waals surface area contributed by atoms with Crippen molar-refractivity contribution in [2.75, 3.05) is 11.9 Å². The zero-order valence-electron chi connectivity index (χ0n) is 13.5.